The van der Waals surface area contributed by atoms with Crippen molar-refractivity contribution in [3.63, 3.8) is 0 Å². The van der Waals surface area contributed by atoms with Gasteiger partial charge in [0, 0.05) is 76.3 Å². The Kier molecular flexibility index (Phi) is 27.1. The Morgan fingerprint density at radius 3 is 0.692 bits per heavy atom. The molecule has 4 heterocycles. The Labute approximate surface area is 720 Å². The number of benzene rings is 12. The minimum Gasteiger partial charge on any atom is -0.508 e. The number of hydrogen-bond donors (Lipinski definition) is 1. The zero-order valence-electron chi connectivity index (χ0n) is 71.5. The van der Waals surface area contributed by atoms with Gasteiger partial charge in [0.05, 0.1) is 22.7 Å². The molecule has 0 amide bonds. The first kappa shape index (κ1) is 85.4. The molecule has 1 N–H and O–H groups in total. The molecule has 4 aromatic heterocycles. The summed E-state index contributed by atoms with van der Waals surface area (Å²) in [6.45, 7) is 36.0. The fourth-order valence-electron chi connectivity index (χ4n) is 16.3. The van der Waals surface area contributed by atoms with E-state index in [1.54, 1.807) is 12.1 Å². The van der Waals surface area contributed by atoms with Crippen molar-refractivity contribution in [1.29, 1.82) is 0 Å². The summed E-state index contributed by atoms with van der Waals surface area (Å²) in [6, 6.07) is 93.4. The fraction of sp³-hybridized carbons (Fsp3) is 0.229. The summed E-state index contributed by atoms with van der Waals surface area (Å²) >= 11 is 3.72. The fourth-order valence-corrected chi connectivity index (χ4v) is 16.8. The number of aromatic hydroxyl groups is 1. The second-order valence-electron chi connectivity index (χ2n) is 33.4. The van der Waals surface area contributed by atoms with Crippen LogP contribution in [0, 0.1) is 0 Å². The highest BCUT2D eigenvalue weighted by Gasteiger charge is 2.26. The monoisotopic (exact) mass is 1640 g/mol. The first-order valence-electron chi connectivity index (χ1n) is 42.0. The molecule has 0 saturated carbocycles. The number of para-hydroxylation sites is 4. The lowest BCUT2D eigenvalue weighted by molar-refractivity contribution is 0.475. The molecule has 11 heteroatoms. The van der Waals surface area contributed by atoms with Gasteiger partial charge in [0.1, 0.15) is 40.5 Å². The van der Waals surface area contributed by atoms with Gasteiger partial charge in [0.15, 0.2) is 0 Å². The molecule has 120 heavy (non-hydrogen) atoms. The van der Waals surface area contributed by atoms with Gasteiger partial charge in [-0.05, 0) is 209 Å². The Morgan fingerprint density at radius 1 is 0.242 bits per heavy atom. The van der Waals surface area contributed by atoms with Crippen LogP contribution in [-0.4, -0.2) is 43.3 Å². The molecule has 0 bridgehead atoms. The van der Waals surface area contributed by atoms with Gasteiger partial charge < -0.3 is 9.84 Å². The molecule has 12 aromatic carbocycles. The molecule has 16 rings (SSSR count). The third-order valence-corrected chi connectivity index (χ3v) is 22.7. The van der Waals surface area contributed by atoms with E-state index in [1.807, 2.05) is 55.2 Å². The third-order valence-electron chi connectivity index (χ3n) is 22.2. The van der Waals surface area contributed by atoms with Gasteiger partial charge in [-0.15, -0.1) is 0 Å². The van der Waals surface area contributed by atoms with Crippen molar-refractivity contribution in [1.82, 2.24) is 38.2 Å². The van der Waals surface area contributed by atoms with Crippen LogP contribution < -0.4 is 4.74 Å². The van der Waals surface area contributed by atoms with Crippen LogP contribution >= 0.6 is 15.9 Å². The molecule has 16 aromatic rings. The van der Waals surface area contributed by atoms with Crippen molar-refractivity contribution in [3.05, 3.63) is 365 Å². The van der Waals surface area contributed by atoms with Crippen molar-refractivity contribution in [3.8, 4) is 130 Å². The molecule has 0 aliphatic rings. The van der Waals surface area contributed by atoms with E-state index in [2.05, 4.69) is 394 Å². The van der Waals surface area contributed by atoms with Crippen molar-refractivity contribution < 1.29 is 9.84 Å². The van der Waals surface area contributed by atoms with E-state index in [9.17, 15) is 5.11 Å². The first-order chi connectivity index (χ1) is 57.5. The molecule has 10 nitrogen and oxygen atoms in total. The Balaban J connectivity index is 0.000000171. The summed E-state index contributed by atoms with van der Waals surface area (Å²) in [4.78, 5) is 19.5. The highest BCUT2D eigenvalue weighted by Crippen LogP contribution is 2.44. The molecule has 0 fully saturated rings. The van der Waals surface area contributed by atoms with Crippen LogP contribution in [0.5, 0.6) is 17.2 Å². The average Bonchev–Trinajstić information content (AvgIpc) is 1.50. The van der Waals surface area contributed by atoms with Gasteiger partial charge in [0.25, 0.3) is 0 Å². The Bertz CT molecular complexity index is 5660. The van der Waals surface area contributed by atoms with E-state index in [0.29, 0.717) is 47.3 Å². The molecular weight excluding hydrogens is 1530 g/mol. The van der Waals surface area contributed by atoms with Gasteiger partial charge in [-0.25, -0.2) is 19.9 Å². The molecule has 0 atom stereocenters. The van der Waals surface area contributed by atoms with E-state index < -0.39 is 0 Å². The summed E-state index contributed by atoms with van der Waals surface area (Å²) in [5.74, 6) is 8.20. The highest BCUT2D eigenvalue weighted by atomic mass is 79.9. The van der Waals surface area contributed by atoms with Crippen LogP contribution in [0.3, 0.4) is 0 Å². The molecule has 0 saturated heterocycles. The van der Waals surface area contributed by atoms with Gasteiger partial charge in [-0.2, -0.15) is 0 Å². The van der Waals surface area contributed by atoms with Crippen LogP contribution in [0.1, 0.15) is 210 Å². The number of phenolic OH excluding ortho intramolecular Hbond substituents is 1. The standard InChI is InChI=1S/C54H54N4O.C27H27BrN2.C27H28N2O.CH4/c1-35(2)47-21-15-22-48(36(3)4)51(47)57-27-25-55-53(57)43-29-41(39-17-11-9-12-18-39)31-45(33-43)59-46-32-42(40-19-13-10-14-20-40)30-44(34-46)54-56-26-28-58(54)52-49(37(5)6)23-16-24-50(52)38(7)8;1-18(2)24-11-8-12-25(19(3)4)26(24)30-14-13-29-27(30)22-15-21(16-23(28)17-22)20-9-6-5-7-10-20;1-18(2)24-11-8-12-25(19(3)4)26(24)29-14-13-28-27(29)22-15-21(16-23(30)17-22)20-9-6-5-7-10-20;/h9-38H,1-8H3;5-19H,1-4H3;5-19,30H,1-4H3;1H4. The number of imidazole rings is 4. The number of ether oxygens (including phenoxy) is 1. The maximum Gasteiger partial charge on any atom is 0.144 e. The van der Waals surface area contributed by atoms with Gasteiger partial charge >= 0.3 is 0 Å². The lowest BCUT2D eigenvalue weighted by Crippen LogP contribution is -2.08. The quantitative estimate of drug-likeness (QED) is 0.0726. The van der Waals surface area contributed by atoms with Gasteiger partial charge in [-0.3, -0.25) is 18.3 Å². The number of nitrogens with zero attached hydrogens (tertiary/aromatic N) is 8. The highest BCUT2D eigenvalue weighted by molar-refractivity contribution is 9.10. The van der Waals surface area contributed by atoms with Crippen LogP contribution in [0.25, 0.3) is 113 Å². The summed E-state index contributed by atoms with van der Waals surface area (Å²) in [7, 11) is 0. The number of rotatable bonds is 22. The largest absolute Gasteiger partial charge is 0.508 e. The van der Waals surface area contributed by atoms with Crippen LogP contribution in [0.2, 0.25) is 0 Å². The second kappa shape index (κ2) is 38.1. The zero-order chi connectivity index (χ0) is 83.7. The smallest absolute Gasteiger partial charge is 0.144 e. The molecule has 0 spiro atoms. The maximum absolute atomic E-state index is 10.5. The second-order valence-corrected chi connectivity index (χ2v) is 34.3. The van der Waals surface area contributed by atoms with Crippen LogP contribution in [-0.2, 0) is 0 Å². The predicted octanol–water partition coefficient (Wildman–Crippen LogP) is 31.0. The molecular formula is C109H113BrN8O2. The normalized spacial score (nSPS) is 11.4. The van der Waals surface area contributed by atoms with Crippen molar-refractivity contribution >= 4 is 15.9 Å². The van der Waals surface area contributed by atoms with Crippen molar-refractivity contribution in [2.24, 2.45) is 0 Å². The van der Waals surface area contributed by atoms with E-state index in [0.717, 1.165) is 94.9 Å². The predicted molar refractivity (Wildman–Crippen MR) is 507 cm³/mol. The van der Waals surface area contributed by atoms with Crippen molar-refractivity contribution in [2.45, 2.75) is 166 Å². The van der Waals surface area contributed by atoms with E-state index in [-0.39, 0.29) is 13.2 Å². The Hall–Kier alpha value is -12.4. The zero-order valence-corrected chi connectivity index (χ0v) is 73.0. The van der Waals surface area contributed by atoms with E-state index in [1.165, 1.54) is 78.4 Å². The van der Waals surface area contributed by atoms with Crippen LogP contribution in [0.15, 0.2) is 321 Å². The minimum atomic E-state index is 0. The number of hydrogen-bond acceptors (Lipinski definition) is 6. The lowest BCUT2D eigenvalue weighted by Gasteiger charge is -2.22. The summed E-state index contributed by atoms with van der Waals surface area (Å²) < 4.78 is 17.1. The molecule has 608 valence electrons. The third kappa shape index (κ3) is 18.8. The molecule has 0 aliphatic heterocycles. The Morgan fingerprint density at radius 2 is 0.442 bits per heavy atom. The number of aromatic nitrogens is 8. The average molecular weight is 1650 g/mol. The topological polar surface area (TPSA) is 101 Å². The van der Waals surface area contributed by atoms with Gasteiger partial charge in [0.2, 0.25) is 0 Å². The number of halogens is 1. The lowest BCUT2D eigenvalue weighted by atomic mass is 9.92. The number of phenols is 1. The molecule has 0 unspecified atom stereocenters. The maximum atomic E-state index is 10.5. The summed E-state index contributed by atoms with van der Waals surface area (Å²) in [5.41, 5.74) is 28.0. The van der Waals surface area contributed by atoms with Gasteiger partial charge in [-0.1, -0.05) is 328 Å². The molecule has 0 radical (unpaired) electrons. The summed E-state index contributed by atoms with van der Waals surface area (Å²) in [5, 5.41) is 10.5. The molecule has 0 aliphatic carbocycles. The van der Waals surface area contributed by atoms with Crippen LogP contribution in [0.4, 0.5) is 0 Å². The minimum absolute atomic E-state index is 0. The SMILES string of the molecule is C.CC(C)c1cccc(C(C)C)c1-n1ccnc1-c1cc(Br)cc(-c2ccccc2)c1.CC(C)c1cccc(C(C)C)c1-n1ccnc1-c1cc(O)cc(-c2ccccc2)c1.CC(C)c1cccc(C(C)C)c1-n1ccnc1-c1cc(Oc2cc(-c3ccccc3)cc(-c3nccn3-c3c(C(C)C)cccc3C(C)C)c2)cc(-c2ccccc2)c1. The van der Waals surface area contributed by atoms with Crippen molar-refractivity contribution in [2.75, 3.05) is 0 Å². The van der Waals surface area contributed by atoms with E-state index >= 15 is 0 Å². The summed E-state index contributed by atoms with van der Waals surface area (Å²) in [6.07, 6.45) is 15.9. The van der Waals surface area contributed by atoms with E-state index in [4.69, 9.17) is 24.7 Å². The first-order valence-corrected chi connectivity index (χ1v) is 42.8.